The fourth-order valence-corrected chi connectivity index (χ4v) is 4.45. The van der Waals surface area contributed by atoms with Crippen LogP contribution in [-0.2, 0) is 6.54 Å². The molecule has 5 nitrogen and oxygen atoms in total. The lowest BCUT2D eigenvalue weighted by Crippen LogP contribution is -2.35. The number of benzene rings is 2. The van der Waals surface area contributed by atoms with E-state index in [2.05, 4.69) is 11.1 Å². The van der Waals surface area contributed by atoms with Gasteiger partial charge in [-0.2, -0.15) is 0 Å². The Morgan fingerprint density at radius 3 is 2.62 bits per heavy atom. The second-order valence-electron chi connectivity index (χ2n) is 8.01. The molecule has 146 valence electrons. The van der Waals surface area contributed by atoms with Crippen molar-refractivity contribution >= 4 is 22.6 Å². The summed E-state index contributed by atoms with van der Waals surface area (Å²) in [4.78, 5) is 33.1. The van der Waals surface area contributed by atoms with Crippen molar-refractivity contribution in [1.82, 2.24) is 14.8 Å². The fourth-order valence-electron chi connectivity index (χ4n) is 4.45. The second kappa shape index (κ2) is 6.99. The molecule has 29 heavy (non-hydrogen) atoms. The van der Waals surface area contributed by atoms with Gasteiger partial charge in [-0.05, 0) is 60.0 Å². The molecular weight excluding hydrogens is 362 g/mol. The van der Waals surface area contributed by atoms with Crippen molar-refractivity contribution < 1.29 is 9.59 Å². The van der Waals surface area contributed by atoms with Crippen LogP contribution in [0.15, 0.2) is 48.8 Å². The van der Waals surface area contributed by atoms with Gasteiger partial charge in [0, 0.05) is 61.2 Å². The molecule has 3 heterocycles. The van der Waals surface area contributed by atoms with Crippen molar-refractivity contribution in [3.05, 3.63) is 65.5 Å². The number of carbonyl (C=O) groups excluding carboxylic acids is 2. The van der Waals surface area contributed by atoms with E-state index in [0.717, 1.165) is 64.5 Å². The van der Waals surface area contributed by atoms with E-state index in [1.807, 2.05) is 54.7 Å². The highest BCUT2D eigenvalue weighted by atomic mass is 16.2. The van der Waals surface area contributed by atoms with E-state index in [9.17, 15) is 9.59 Å². The Morgan fingerprint density at radius 2 is 1.79 bits per heavy atom. The number of nitrogens with zero attached hydrogens (tertiary/aromatic N) is 3. The van der Waals surface area contributed by atoms with Gasteiger partial charge in [-0.15, -0.1) is 0 Å². The Bertz CT molecular complexity index is 1130. The molecule has 0 atom stereocenters. The molecule has 0 saturated carbocycles. The van der Waals surface area contributed by atoms with E-state index >= 15 is 0 Å². The molecule has 1 saturated heterocycles. The molecule has 0 N–H and O–H groups in total. The minimum atomic E-state index is 0.0726. The van der Waals surface area contributed by atoms with E-state index < -0.39 is 0 Å². The molecule has 1 aromatic heterocycles. The van der Waals surface area contributed by atoms with Crippen molar-refractivity contribution in [1.29, 1.82) is 0 Å². The van der Waals surface area contributed by atoms with Gasteiger partial charge in [0.2, 0.25) is 0 Å². The lowest BCUT2D eigenvalue weighted by molar-refractivity contribution is 0.0724. The van der Waals surface area contributed by atoms with Crippen LogP contribution in [0, 0.1) is 0 Å². The summed E-state index contributed by atoms with van der Waals surface area (Å²) in [5.74, 6) is 0.180. The second-order valence-corrected chi connectivity index (χ2v) is 8.01. The monoisotopic (exact) mass is 385 g/mol. The van der Waals surface area contributed by atoms with E-state index in [0.29, 0.717) is 6.54 Å². The van der Waals surface area contributed by atoms with E-state index in [-0.39, 0.29) is 11.8 Å². The Balaban J connectivity index is 1.52. The highest BCUT2D eigenvalue weighted by Gasteiger charge is 2.24. The minimum absolute atomic E-state index is 0.0726. The number of likely N-dealkylation sites (tertiary alicyclic amines) is 1. The smallest absolute Gasteiger partial charge is 0.254 e. The zero-order valence-electron chi connectivity index (χ0n) is 16.5. The third kappa shape index (κ3) is 3.07. The van der Waals surface area contributed by atoms with E-state index in [4.69, 9.17) is 0 Å². The summed E-state index contributed by atoms with van der Waals surface area (Å²) in [5, 5.41) is 2.02. The van der Waals surface area contributed by atoms with Gasteiger partial charge in [-0.25, -0.2) is 0 Å². The predicted octanol–water partition coefficient (Wildman–Crippen LogP) is 4.11. The number of hydrogen-bond donors (Lipinski definition) is 0. The van der Waals surface area contributed by atoms with Crippen LogP contribution in [0.4, 0.5) is 0 Å². The molecule has 0 aliphatic carbocycles. The molecule has 0 spiro atoms. The van der Waals surface area contributed by atoms with Crippen LogP contribution in [0.5, 0.6) is 0 Å². The Morgan fingerprint density at radius 1 is 0.966 bits per heavy atom. The normalized spacial score (nSPS) is 16.4. The Hall–Kier alpha value is -3.21. The van der Waals surface area contributed by atoms with Gasteiger partial charge in [0.25, 0.3) is 11.8 Å². The number of hydrogen-bond acceptors (Lipinski definition) is 3. The zero-order valence-corrected chi connectivity index (χ0v) is 16.5. The molecule has 5 heteroatoms. The molecule has 3 aromatic rings. The maximum Gasteiger partial charge on any atom is 0.254 e. The maximum absolute atomic E-state index is 12.9. The Labute approximate surface area is 170 Å². The van der Waals surface area contributed by atoms with Crippen molar-refractivity contribution in [2.75, 3.05) is 20.1 Å². The summed E-state index contributed by atoms with van der Waals surface area (Å²) in [6.07, 6.45) is 7.05. The highest BCUT2D eigenvalue weighted by Crippen LogP contribution is 2.32. The average Bonchev–Trinajstić information content (AvgIpc) is 3.06. The molecule has 2 amide bonds. The molecule has 0 bridgehead atoms. The quantitative estimate of drug-likeness (QED) is 0.667. The van der Waals surface area contributed by atoms with Crippen molar-refractivity contribution in [2.24, 2.45) is 0 Å². The minimum Gasteiger partial charge on any atom is -0.339 e. The van der Waals surface area contributed by atoms with Crippen LogP contribution in [0.2, 0.25) is 0 Å². The SMILES string of the molecule is CN1Cc2cc(-c3cncc4cc(C(=O)N5CCCCC5)ccc34)ccc2C1=O. The van der Waals surface area contributed by atoms with Crippen LogP contribution >= 0.6 is 0 Å². The summed E-state index contributed by atoms with van der Waals surface area (Å²) in [6, 6.07) is 11.9. The van der Waals surface area contributed by atoms with E-state index in [1.54, 1.807) is 4.90 Å². The van der Waals surface area contributed by atoms with Gasteiger partial charge in [0.15, 0.2) is 0 Å². The van der Waals surface area contributed by atoms with Gasteiger partial charge in [-0.3, -0.25) is 14.6 Å². The standard InChI is InChI=1S/C24H23N3O2/c1-26-15-19-11-16(5-8-21(19)24(26)29)22-14-25-13-18-12-17(6-7-20(18)22)23(28)27-9-3-2-4-10-27/h5-8,11-14H,2-4,9-10,15H2,1H3. The molecule has 2 aromatic carbocycles. The van der Waals surface area contributed by atoms with Gasteiger partial charge in [0.05, 0.1) is 0 Å². The summed E-state index contributed by atoms with van der Waals surface area (Å²) < 4.78 is 0. The number of pyridine rings is 1. The molecule has 1 fully saturated rings. The first-order valence-electron chi connectivity index (χ1n) is 10.2. The van der Waals surface area contributed by atoms with Crippen LogP contribution in [0.25, 0.3) is 21.9 Å². The summed E-state index contributed by atoms with van der Waals surface area (Å²) in [7, 11) is 1.82. The molecular formula is C24H23N3O2. The fraction of sp³-hybridized carbons (Fsp3) is 0.292. The largest absolute Gasteiger partial charge is 0.339 e. The summed E-state index contributed by atoms with van der Waals surface area (Å²) in [6.45, 7) is 2.32. The Kier molecular flexibility index (Phi) is 4.31. The predicted molar refractivity (Wildman–Crippen MR) is 113 cm³/mol. The van der Waals surface area contributed by atoms with Gasteiger partial charge in [0.1, 0.15) is 0 Å². The molecule has 5 rings (SSSR count). The molecule has 2 aliphatic heterocycles. The molecule has 0 radical (unpaired) electrons. The van der Waals surface area contributed by atoms with Crippen molar-refractivity contribution in [3.63, 3.8) is 0 Å². The number of fused-ring (bicyclic) bond motifs is 2. The van der Waals surface area contributed by atoms with Crippen LogP contribution in [0.1, 0.15) is 45.5 Å². The third-order valence-corrected chi connectivity index (χ3v) is 6.05. The first-order valence-corrected chi connectivity index (χ1v) is 10.2. The zero-order chi connectivity index (χ0) is 20.0. The van der Waals surface area contributed by atoms with Gasteiger partial charge < -0.3 is 9.80 Å². The lowest BCUT2D eigenvalue weighted by atomic mass is 9.96. The van der Waals surface area contributed by atoms with Gasteiger partial charge in [-0.1, -0.05) is 12.1 Å². The molecule has 0 unspecified atom stereocenters. The summed E-state index contributed by atoms with van der Waals surface area (Å²) >= 11 is 0. The highest BCUT2D eigenvalue weighted by molar-refractivity contribution is 6.03. The van der Waals surface area contributed by atoms with Crippen molar-refractivity contribution in [3.8, 4) is 11.1 Å². The maximum atomic E-state index is 12.9. The number of rotatable bonds is 2. The lowest BCUT2D eigenvalue weighted by Gasteiger charge is -2.26. The topological polar surface area (TPSA) is 53.5 Å². The number of amides is 2. The van der Waals surface area contributed by atoms with Crippen LogP contribution < -0.4 is 0 Å². The van der Waals surface area contributed by atoms with Crippen LogP contribution in [-0.4, -0.2) is 46.7 Å². The molecule has 2 aliphatic rings. The number of carbonyl (C=O) groups is 2. The number of aromatic nitrogens is 1. The third-order valence-electron chi connectivity index (χ3n) is 6.05. The van der Waals surface area contributed by atoms with Gasteiger partial charge >= 0.3 is 0 Å². The van der Waals surface area contributed by atoms with Crippen LogP contribution in [0.3, 0.4) is 0 Å². The first-order chi connectivity index (χ1) is 14.1. The first kappa shape index (κ1) is 17.9. The summed E-state index contributed by atoms with van der Waals surface area (Å²) in [5.41, 5.74) is 4.60. The average molecular weight is 385 g/mol. The van der Waals surface area contributed by atoms with E-state index in [1.165, 1.54) is 6.42 Å². The number of piperidine rings is 1. The van der Waals surface area contributed by atoms with Crippen molar-refractivity contribution in [2.45, 2.75) is 25.8 Å².